The van der Waals surface area contributed by atoms with E-state index in [9.17, 15) is 24.3 Å². The Morgan fingerprint density at radius 3 is 0.937 bits per heavy atom. The highest BCUT2D eigenvalue weighted by Gasteiger charge is 2.60. The van der Waals surface area contributed by atoms with Crippen LogP contribution < -0.4 is 15.4 Å². The second kappa shape index (κ2) is 54.4. The monoisotopic (exact) mass is 2510 g/mol. The SMILES string of the molecule is C.COc1c(-c2ccccc2)nn(C)c1-c1nc2cc3c(cc2[nH]1)C(=O)NC3=O.Cn1nc(-c2ccccc2)c(O)c1-c1nc2cc3c(cc2[nH]1)C(=O)NC3=O.PPP(P)P(P(P)P)P(P(P(P(P)P)P(P)P)P(P(P)P)P(P)P)P(P(P(P(P)P)P(P)P)P(P(P)P)P(P)P)P(P(P(P)P)P(P)P)P(P(P)P)P(P)P. The van der Waals surface area contributed by atoms with Crippen molar-refractivity contribution < 1.29 is 29.0 Å². The second-order valence-electron chi connectivity index (χ2n) is 21.5. The number of carbonyl (C=O) groups excluding carboxylic acids is 4. The van der Waals surface area contributed by atoms with E-state index in [4.69, 9.17) is 4.74 Å². The van der Waals surface area contributed by atoms with Gasteiger partial charge in [0.1, 0.15) is 22.8 Å². The van der Waals surface area contributed by atoms with Crippen LogP contribution in [0.2, 0.25) is 0 Å². The van der Waals surface area contributed by atoms with Crippen molar-refractivity contribution in [1.82, 2.24) is 50.1 Å². The van der Waals surface area contributed by atoms with Gasteiger partial charge in [0.25, 0.3) is 23.6 Å². The van der Waals surface area contributed by atoms with Crippen molar-refractivity contribution in [3.8, 4) is 57.1 Å². The Morgan fingerprint density at radius 1 is 0.378 bits per heavy atom. The molecule has 5 N–H and O–H groups in total. The summed E-state index contributed by atoms with van der Waals surface area (Å²) < 4.78 is 8.90. The van der Waals surface area contributed by atoms with Crippen molar-refractivity contribution in [2.24, 2.45) is 14.1 Å². The molecule has 32 atom stereocenters. The summed E-state index contributed by atoms with van der Waals surface area (Å²) in [7, 11) is 105. The lowest BCUT2D eigenvalue weighted by Gasteiger charge is -2.59. The predicted molar refractivity (Wildman–Crippen MR) is 666 cm³/mol. The molecule has 6 heterocycles. The Bertz CT molecular complexity index is 4230. The molecule has 0 spiro atoms. The minimum Gasteiger partial charge on any atom is -0.504 e. The Kier molecular flexibility index (Phi) is 55.7. The van der Waals surface area contributed by atoms with Crippen LogP contribution in [-0.2, 0) is 14.1 Å². The molecule has 32 unspecified atom stereocenters. The predicted octanol–water partition coefficient (Wildman–Crippen LogP) is 37.5. The number of benzene rings is 4. The number of aryl methyl sites for hydroxylation is 2. The van der Waals surface area contributed by atoms with Crippen LogP contribution in [-0.4, -0.2) is 75.3 Å². The number of amides is 4. The molecular weight excluding hydrogens is 2420 g/mol. The summed E-state index contributed by atoms with van der Waals surface area (Å²) in [5.41, 5.74) is 7.60. The van der Waals surface area contributed by atoms with Crippen LogP contribution in [0.1, 0.15) is 48.9 Å². The first-order valence-electron chi connectivity index (χ1n) is 29.4. The van der Waals surface area contributed by atoms with Crippen molar-refractivity contribution >= 4 is 485 Å². The van der Waals surface area contributed by atoms with Crippen LogP contribution >= 0.6 is 440 Å². The van der Waals surface area contributed by atoms with E-state index in [1.54, 1.807) is 47.8 Å². The molecular formula is C40H89N10O6P55. The van der Waals surface area contributed by atoms with Crippen LogP contribution in [0.4, 0.5) is 0 Å². The Morgan fingerprint density at radius 2 is 0.640 bits per heavy atom. The molecule has 8 aromatic rings. The van der Waals surface area contributed by atoms with Crippen LogP contribution in [0.15, 0.2) is 84.9 Å². The number of aromatic nitrogens is 8. The van der Waals surface area contributed by atoms with E-state index in [1.807, 2.05) is 67.7 Å². The van der Waals surface area contributed by atoms with Crippen LogP contribution in [0, 0.1) is 0 Å². The number of methoxy groups -OCH3 is 1. The molecule has 610 valence electrons. The molecule has 4 amide bonds. The van der Waals surface area contributed by atoms with Crippen molar-refractivity contribution in [2.75, 3.05) is 7.11 Å². The Hall–Kier alpha value is 15.8. The number of rotatable bonds is 31. The molecule has 10 rings (SSSR count). The van der Waals surface area contributed by atoms with Crippen molar-refractivity contribution in [3.63, 3.8) is 0 Å². The summed E-state index contributed by atoms with van der Waals surface area (Å²) in [5, 5.41) is 24.3. The van der Waals surface area contributed by atoms with Gasteiger partial charge < -0.3 is 19.8 Å². The number of fused-ring (bicyclic) bond motifs is 4. The molecule has 0 saturated heterocycles. The number of hydrogen-bond acceptors (Lipinski definition) is 10. The van der Waals surface area contributed by atoms with Crippen molar-refractivity contribution in [1.29, 1.82) is 0 Å². The third-order valence-electron chi connectivity index (χ3n) is 14.2. The number of carbonyl (C=O) groups is 4. The third kappa shape index (κ3) is 29.5. The topological polar surface area (TPSA) is 215 Å². The van der Waals surface area contributed by atoms with Gasteiger partial charge in [0.05, 0.1) is 51.4 Å². The maximum Gasteiger partial charge on any atom is 0.259 e. The lowest BCUT2D eigenvalue weighted by Crippen LogP contribution is -2.19. The first kappa shape index (κ1) is 114. The van der Waals surface area contributed by atoms with E-state index >= 15 is 0 Å². The number of nitrogens with one attached hydrogen (secondary N) is 4. The Balaban J connectivity index is 0.000000251. The van der Waals surface area contributed by atoms with E-state index in [-0.39, 0.29) is 195 Å². The minimum absolute atomic E-state index is 0. The minimum atomic E-state index is -0.434. The third-order valence-corrected chi connectivity index (χ3v) is 396. The van der Waals surface area contributed by atoms with Gasteiger partial charge in [-0.25, -0.2) is 9.97 Å². The molecule has 4 aromatic carbocycles. The fourth-order valence-electron chi connectivity index (χ4n) is 10.1. The zero-order valence-electron chi connectivity index (χ0n) is 57.5. The highest BCUT2D eigenvalue weighted by molar-refractivity contribution is 9.53. The van der Waals surface area contributed by atoms with Gasteiger partial charge in [0.15, 0.2) is 23.1 Å². The standard InChI is InChI=1S/C20H15N5O3.C19H13N5O3.CH4.H57P55/c1-25-16(17(28-2)15(24-25)10-6-4-3-5-7-10)18-21-13-8-11-12(9-14(13)22-18)20(27)23-19(11)26;1-24-15(16(25)14(23-24)9-5-3-2-4-6-9)17-20-12-7-10-11(8-13(12)21-17)19(27)22-18(10)26;;1-29-43(28)50(42(26)27)54(51(44(30(2)3)31(4)5)45(32(6)7)33(8)9)55(52(46(34(10)11)35(12)13)47(36(14)15)37(16)17)53(48(38(18)19)39(20)21)49(40(22)23)41(24)25/h3-9H,1-2H3,(H,21,22)(H,23,26,27);2-8,25H,1H3,(H,20,21)(H,22,26,27);1H4;29H,1-28H2. The fraction of sp³-hybridized carbons (Fsp3) is 0.100. The van der Waals surface area contributed by atoms with Gasteiger partial charge in [0, 0.05) is 25.2 Å². The van der Waals surface area contributed by atoms with Crippen molar-refractivity contribution in [2.45, 2.75) is 7.43 Å². The van der Waals surface area contributed by atoms with Gasteiger partial charge in [-0.3, -0.25) is 39.2 Å². The smallest absolute Gasteiger partial charge is 0.259 e. The van der Waals surface area contributed by atoms with Gasteiger partial charge in [-0.15, -0.1) is 250 Å². The maximum absolute atomic E-state index is 11.9. The zero-order chi connectivity index (χ0) is 81.8. The lowest BCUT2D eigenvalue weighted by molar-refractivity contribution is 0.0863. The number of imide groups is 2. The summed E-state index contributed by atoms with van der Waals surface area (Å²) in [6.07, 6.45) is 0. The first-order chi connectivity index (χ1) is 51.6. The van der Waals surface area contributed by atoms with Crippen LogP contribution in [0.3, 0.4) is 0 Å². The highest BCUT2D eigenvalue weighted by Crippen LogP contribution is 3.47. The van der Waals surface area contributed by atoms with Crippen LogP contribution in [0.25, 0.3) is 67.6 Å². The highest BCUT2D eigenvalue weighted by atomic mass is 33.6. The van der Waals surface area contributed by atoms with E-state index in [0.29, 0.717) is 84.5 Å². The summed E-state index contributed by atoms with van der Waals surface area (Å²) in [6, 6.07) is 25.5. The fourth-order valence-corrected chi connectivity index (χ4v) is 794. The molecule has 0 fully saturated rings. The van der Waals surface area contributed by atoms with E-state index in [2.05, 4.69) is 291 Å². The van der Waals surface area contributed by atoms with Crippen LogP contribution in [0.5, 0.6) is 11.5 Å². The van der Waals surface area contributed by atoms with Gasteiger partial charge in [-0.1, -0.05) is 76.0 Å². The molecule has 71 heteroatoms. The number of H-pyrrole nitrogens is 2. The van der Waals surface area contributed by atoms with Gasteiger partial charge >= 0.3 is 0 Å². The molecule has 16 nitrogen and oxygen atoms in total. The summed E-state index contributed by atoms with van der Waals surface area (Å²) in [5.74, 6) is -0.132. The normalized spacial score (nSPS) is 14.5. The number of aromatic hydroxyl groups is 1. The molecule has 4 aromatic heterocycles. The number of ether oxygens (including phenoxy) is 1. The number of imidazole rings is 2. The molecule has 0 aliphatic carbocycles. The summed E-state index contributed by atoms with van der Waals surface area (Å²) in [6.45, 7) is -4.87. The van der Waals surface area contributed by atoms with Gasteiger partial charge in [0.2, 0.25) is 0 Å². The number of hydrogen-bond donors (Lipinski definition) is 5. The van der Waals surface area contributed by atoms with E-state index in [0.717, 1.165) is 19.1 Å². The molecule has 2 aliphatic rings. The van der Waals surface area contributed by atoms with Gasteiger partial charge in [-0.2, -0.15) is 10.2 Å². The average molecular weight is 2510 g/mol. The largest absolute Gasteiger partial charge is 0.504 e. The van der Waals surface area contributed by atoms with E-state index < -0.39 is 23.6 Å². The first-order valence-corrected chi connectivity index (χ1v) is 129. The number of aromatic amines is 2. The molecule has 0 radical (unpaired) electrons. The summed E-state index contributed by atoms with van der Waals surface area (Å²) in [4.78, 5) is 62.9. The quantitative estimate of drug-likeness (QED) is 0.0205. The van der Waals surface area contributed by atoms with E-state index in [1.165, 1.54) is 0 Å². The lowest BCUT2D eigenvalue weighted by atomic mass is 10.1. The molecule has 0 bridgehead atoms. The maximum atomic E-state index is 11.9. The Labute approximate surface area is 748 Å². The molecule has 2 aliphatic heterocycles. The number of nitrogens with zero attached hydrogens (tertiary/aromatic N) is 6. The second-order valence-corrected chi connectivity index (χ2v) is 246. The van der Waals surface area contributed by atoms with Crippen molar-refractivity contribution in [3.05, 3.63) is 107 Å². The molecule has 111 heavy (non-hydrogen) atoms. The zero-order valence-corrected chi connectivity index (χ0v) is 114. The molecule has 0 saturated carbocycles. The average Bonchev–Trinajstić information content (AvgIpc) is 1.73. The summed E-state index contributed by atoms with van der Waals surface area (Å²) >= 11 is 0. The van der Waals surface area contributed by atoms with Gasteiger partial charge in [-0.05, 0) is 206 Å².